The highest BCUT2D eigenvalue weighted by atomic mass is 35.5. The monoisotopic (exact) mass is 163 g/mol. The second-order valence-electron chi connectivity index (χ2n) is 3.10. The second-order valence-corrected chi connectivity index (χ2v) is 3.10. The predicted molar refractivity (Wildman–Crippen MR) is 49.5 cm³/mol. The molecule has 0 heterocycles. The largest absolute Gasteiger partial charge is 0.324 e. The first kappa shape index (κ1) is 12.6. The van der Waals surface area contributed by atoms with Crippen LogP contribution in [0.25, 0.3) is 0 Å². The van der Waals surface area contributed by atoms with Crippen molar-refractivity contribution >= 4 is 12.4 Å². The van der Waals surface area contributed by atoms with Crippen LogP contribution < -0.4 is 5.73 Å². The van der Waals surface area contributed by atoms with E-state index in [9.17, 15) is 0 Å². The van der Waals surface area contributed by atoms with Crippen LogP contribution in [-0.4, -0.2) is 6.04 Å². The quantitative estimate of drug-likeness (QED) is 0.636. The third-order valence-corrected chi connectivity index (χ3v) is 2.07. The Bertz CT molecular complexity index is 99.4. The molecule has 0 aromatic carbocycles. The first-order valence-corrected chi connectivity index (χ1v) is 3.42. The molecule has 1 atom stereocenters. The maximum atomic E-state index is 5.74. The van der Waals surface area contributed by atoms with Crippen LogP contribution in [0.1, 0.15) is 27.2 Å². The molecule has 0 saturated carbocycles. The lowest BCUT2D eigenvalue weighted by Gasteiger charge is -2.27. The molecular formula is C8H18ClN. The number of halogens is 1. The number of hydrogen-bond acceptors (Lipinski definition) is 1. The van der Waals surface area contributed by atoms with Gasteiger partial charge in [0.15, 0.2) is 0 Å². The van der Waals surface area contributed by atoms with E-state index in [4.69, 9.17) is 5.73 Å². The Morgan fingerprint density at radius 2 is 2.00 bits per heavy atom. The van der Waals surface area contributed by atoms with Crippen LogP contribution in [0, 0.1) is 5.41 Å². The molecule has 10 heavy (non-hydrogen) atoms. The fourth-order valence-electron chi connectivity index (χ4n) is 0.555. The zero-order chi connectivity index (χ0) is 7.49. The average molecular weight is 164 g/mol. The minimum atomic E-state index is 0. The maximum absolute atomic E-state index is 5.74. The fourth-order valence-corrected chi connectivity index (χ4v) is 0.555. The first-order valence-electron chi connectivity index (χ1n) is 3.42. The van der Waals surface area contributed by atoms with E-state index in [0.717, 1.165) is 6.42 Å². The Morgan fingerprint density at radius 3 is 2.10 bits per heavy atom. The molecule has 0 bridgehead atoms. The molecule has 62 valence electrons. The number of rotatable bonds is 3. The third kappa shape index (κ3) is 3.23. The summed E-state index contributed by atoms with van der Waals surface area (Å²) in [7, 11) is 0. The number of nitrogens with two attached hydrogens (primary N) is 1. The Balaban J connectivity index is 0. The summed E-state index contributed by atoms with van der Waals surface area (Å²) in [5.74, 6) is 0. The van der Waals surface area contributed by atoms with Crippen molar-refractivity contribution in [3.63, 3.8) is 0 Å². The molecule has 2 heteroatoms. The molecule has 0 aliphatic rings. The SMILES string of the molecule is C=CC(N)C(C)(C)CC.Cl. The molecule has 0 aliphatic carbocycles. The highest BCUT2D eigenvalue weighted by Gasteiger charge is 2.20. The standard InChI is InChI=1S/C8H17N.ClH/c1-5-7(9)8(3,4)6-2;/h5,7H,1,6,9H2,2-4H3;1H. The lowest BCUT2D eigenvalue weighted by Crippen LogP contribution is -2.34. The molecular weight excluding hydrogens is 146 g/mol. The van der Waals surface area contributed by atoms with Gasteiger partial charge in [0.25, 0.3) is 0 Å². The molecule has 0 fully saturated rings. The van der Waals surface area contributed by atoms with E-state index in [0.29, 0.717) is 0 Å². The summed E-state index contributed by atoms with van der Waals surface area (Å²) in [6.45, 7) is 10.1. The molecule has 0 saturated heterocycles. The summed E-state index contributed by atoms with van der Waals surface area (Å²) in [5, 5.41) is 0. The molecule has 0 aromatic rings. The molecule has 0 aromatic heterocycles. The van der Waals surface area contributed by atoms with Crippen LogP contribution in [-0.2, 0) is 0 Å². The van der Waals surface area contributed by atoms with E-state index in [1.54, 1.807) is 0 Å². The molecule has 2 N–H and O–H groups in total. The van der Waals surface area contributed by atoms with Crippen LogP contribution in [0.15, 0.2) is 12.7 Å². The van der Waals surface area contributed by atoms with E-state index in [1.165, 1.54) is 0 Å². The van der Waals surface area contributed by atoms with Crippen LogP contribution in [0.3, 0.4) is 0 Å². The molecule has 0 radical (unpaired) electrons. The smallest absolute Gasteiger partial charge is 0.0273 e. The third-order valence-electron chi connectivity index (χ3n) is 2.07. The van der Waals surface area contributed by atoms with E-state index >= 15 is 0 Å². The summed E-state index contributed by atoms with van der Waals surface area (Å²) in [6, 6.07) is 0.127. The topological polar surface area (TPSA) is 26.0 Å². The first-order chi connectivity index (χ1) is 4.04. The van der Waals surface area contributed by atoms with Crippen LogP contribution >= 0.6 is 12.4 Å². The summed E-state index contributed by atoms with van der Waals surface area (Å²) >= 11 is 0. The van der Waals surface area contributed by atoms with Gasteiger partial charge in [-0.15, -0.1) is 19.0 Å². The van der Waals surface area contributed by atoms with Gasteiger partial charge >= 0.3 is 0 Å². The van der Waals surface area contributed by atoms with E-state index < -0.39 is 0 Å². The van der Waals surface area contributed by atoms with Crippen molar-refractivity contribution in [1.29, 1.82) is 0 Å². The van der Waals surface area contributed by atoms with Crippen molar-refractivity contribution in [2.75, 3.05) is 0 Å². The van der Waals surface area contributed by atoms with Crippen molar-refractivity contribution < 1.29 is 0 Å². The lowest BCUT2D eigenvalue weighted by molar-refractivity contribution is 0.312. The lowest BCUT2D eigenvalue weighted by atomic mass is 9.82. The zero-order valence-corrected chi connectivity index (χ0v) is 7.87. The van der Waals surface area contributed by atoms with Gasteiger partial charge in [-0.1, -0.05) is 26.8 Å². The molecule has 0 rings (SSSR count). The predicted octanol–water partition coefficient (Wildman–Crippen LogP) is 2.36. The fraction of sp³-hybridized carbons (Fsp3) is 0.750. The van der Waals surface area contributed by atoms with Crippen molar-refractivity contribution in [2.24, 2.45) is 11.1 Å². The van der Waals surface area contributed by atoms with Crippen LogP contribution in [0.5, 0.6) is 0 Å². The second kappa shape index (κ2) is 4.75. The van der Waals surface area contributed by atoms with Gasteiger partial charge in [-0.05, 0) is 11.8 Å². The highest BCUT2D eigenvalue weighted by Crippen LogP contribution is 2.23. The van der Waals surface area contributed by atoms with Crippen LogP contribution in [0.4, 0.5) is 0 Å². The summed E-state index contributed by atoms with van der Waals surface area (Å²) in [5.41, 5.74) is 5.95. The van der Waals surface area contributed by atoms with Gasteiger partial charge in [0, 0.05) is 6.04 Å². The van der Waals surface area contributed by atoms with Gasteiger partial charge in [0.2, 0.25) is 0 Å². The van der Waals surface area contributed by atoms with Gasteiger partial charge in [-0.25, -0.2) is 0 Å². The minimum absolute atomic E-state index is 0. The van der Waals surface area contributed by atoms with Crippen molar-refractivity contribution in [3.8, 4) is 0 Å². The maximum Gasteiger partial charge on any atom is 0.0273 e. The molecule has 1 unspecified atom stereocenters. The zero-order valence-electron chi connectivity index (χ0n) is 7.05. The minimum Gasteiger partial charge on any atom is -0.324 e. The van der Waals surface area contributed by atoms with Crippen molar-refractivity contribution in [2.45, 2.75) is 33.2 Å². The van der Waals surface area contributed by atoms with Gasteiger partial charge in [-0.3, -0.25) is 0 Å². The van der Waals surface area contributed by atoms with Crippen LogP contribution in [0.2, 0.25) is 0 Å². The van der Waals surface area contributed by atoms with Crippen molar-refractivity contribution in [3.05, 3.63) is 12.7 Å². The van der Waals surface area contributed by atoms with Gasteiger partial charge in [0.1, 0.15) is 0 Å². The van der Waals surface area contributed by atoms with E-state index in [1.807, 2.05) is 6.08 Å². The Morgan fingerprint density at radius 1 is 1.60 bits per heavy atom. The molecule has 0 amide bonds. The van der Waals surface area contributed by atoms with Gasteiger partial charge < -0.3 is 5.73 Å². The normalized spacial score (nSPS) is 13.6. The number of hydrogen-bond donors (Lipinski definition) is 1. The highest BCUT2D eigenvalue weighted by molar-refractivity contribution is 5.85. The Kier molecular flexibility index (Phi) is 6.01. The average Bonchev–Trinajstić information content (AvgIpc) is 1.86. The summed E-state index contributed by atoms with van der Waals surface area (Å²) < 4.78 is 0. The summed E-state index contributed by atoms with van der Waals surface area (Å²) in [4.78, 5) is 0. The Labute approximate surface area is 70.1 Å². The summed E-state index contributed by atoms with van der Waals surface area (Å²) in [6.07, 6.45) is 2.91. The van der Waals surface area contributed by atoms with E-state index in [-0.39, 0.29) is 23.9 Å². The van der Waals surface area contributed by atoms with Gasteiger partial charge in [-0.2, -0.15) is 0 Å². The van der Waals surface area contributed by atoms with Gasteiger partial charge in [0.05, 0.1) is 0 Å². The molecule has 1 nitrogen and oxygen atoms in total. The van der Waals surface area contributed by atoms with Crippen molar-refractivity contribution in [1.82, 2.24) is 0 Å². The van der Waals surface area contributed by atoms with E-state index in [2.05, 4.69) is 27.4 Å². The molecule has 0 spiro atoms. The molecule has 0 aliphatic heterocycles. The Hall–Kier alpha value is -0.0100.